The van der Waals surface area contributed by atoms with Crippen molar-refractivity contribution in [2.24, 2.45) is 11.8 Å². The van der Waals surface area contributed by atoms with Crippen LogP contribution in [0.25, 0.3) is 0 Å². The summed E-state index contributed by atoms with van der Waals surface area (Å²) in [6, 6.07) is 0.768. The molecule has 232 valence electrons. The van der Waals surface area contributed by atoms with Crippen molar-refractivity contribution in [3.05, 3.63) is 0 Å². The van der Waals surface area contributed by atoms with Crippen LogP contribution in [0.5, 0.6) is 0 Å². The van der Waals surface area contributed by atoms with Crippen molar-refractivity contribution in [1.82, 2.24) is 20.0 Å². The molecule has 3 saturated heterocycles. The van der Waals surface area contributed by atoms with Gasteiger partial charge in [0.05, 0.1) is 0 Å². The van der Waals surface area contributed by atoms with Gasteiger partial charge in [0.1, 0.15) is 11.4 Å². The summed E-state index contributed by atoms with van der Waals surface area (Å²) < 4.78 is 5.37. The van der Waals surface area contributed by atoms with Crippen LogP contribution in [0.15, 0.2) is 0 Å². The van der Waals surface area contributed by atoms with E-state index in [0.717, 1.165) is 25.9 Å². The number of rotatable bonds is 5. The molecule has 0 aromatic rings. The van der Waals surface area contributed by atoms with Gasteiger partial charge in [0, 0.05) is 49.1 Å². The molecule has 0 aromatic carbocycles. The molecule has 0 aromatic heterocycles. The number of amides is 3. The minimum absolute atomic E-state index is 0.0521. The Hall–Kier alpha value is -1.83. The Morgan fingerprint density at radius 1 is 0.950 bits per heavy atom. The average molecular weight is 565 g/mol. The zero-order chi connectivity index (χ0) is 30.3. The standard InChI is InChI=1S/C19H37N3O.C13H23NO3/c1-5-6-8-11-20-18(23)22-15-16(2)17(14-19(22,3)4)21-12-9-7-10-13-21;1-9-8-14(11(16)17-12(2,3)4)13(5,6)7-10(9)15/h16-17H,5-15H2,1-4H3,(H,20,23);9H,7-8H2,1-6H3. The highest BCUT2D eigenvalue weighted by Crippen LogP contribution is 2.35. The van der Waals surface area contributed by atoms with Crippen molar-refractivity contribution in [2.75, 3.05) is 32.7 Å². The lowest BCUT2D eigenvalue weighted by atomic mass is 9.80. The third-order valence-corrected chi connectivity index (χ3v) is 8.69. The third-order valence-electron chi connectivity index (χ3n) is 8.69. The first kappa shape index (κ1) is 34.4. The van der Waals surface area contributed by atoms with Crippen molar-refractivity contribution in [1.29, 1.82) is 0 Å². The molecule has 3 atom stereocenters. The summed E-state index contributed by atoms with van der Waals surface area (Å²) in [5, 5.41) is 3.13. The summed E-state index contributed by atoms with van der Waals surface area (Å²) in [5.41, 5.74) is -1.01. The molecule has 0 aliphatic carbocycles. The van der Waals surface area contributed by atoms with Crippen LogP contribution in [-0.2, 0) is 9.53 Å². The smallest absolute Gasteiger partial charge is 0.410 e. The Morgan fingerprint density at radius 3 is 2.15 bits per heavy atom. The first-order valence-electron chi connectivity index (χ1n) is 15.8. The maximum absolute atomic E-state index is 12.6. The van der Waals surface area contributed by atoms with Gasteiger partial charge in [-0.05, 0) is 93.2 Å². The zero-order valence-electron chi connectivity index (χ0n) is 27.4. The van der Waals surface area contributed by atoms with Gasteiger partial charge in [-0.15, -0.1) is 0 Å². The number of hydrogen-bond acceptors (Lipinski definition) is 5. The summed E-state index contributed by atoms with van der Waals surface area (Å²) in [6.45, 7) is 24.8. The van der Waals surface area contributed by atoms with Crippen LogP contribution in [-0.4, -0.2) is 88.1 Å². The normalized spacial score (nSPS) is 26.9. The summed E-state index contributed by atoms with van der Waals surface area (Å²) in [7, 11) is 0. The van der Waals surface area contributed by atoms with Crippen LogP contribution in [0.1, 0.15) is 121 Å². The molecule has 3 unspecified atom stereocenters. The Kier molecular flexibility index (Phi) is 12.3. The van der Waals surface area contributed by atoms with E-state index in [9.17, 15) is 14.4 Å². The van der Waals surface area contributed by atoms with Gasteiger partial charge in [-0.3, -0.25) is 9.69 Å². The van der Waals surface area contributed by atoms with Gasteiger partial charge in [0.2, 0.25) is 0 Å². The highest BCUT2D eigenvalue weighted by molar-refractivity contribution is 5.85. The van der Waals surface area contributed by atoms with Gasteiger partial charge in [-0.2, -0.15) is 0 Å². The topological polar surface area (TPSA) is 82.2 Å². The van der Waals surface area contributed by atoms with Crippen molar-refractivity contribution in [3.8, 4) is 0 Å². The van der Waals surface area contributed by atoms with Crippen molar-refractivity contribution < 1.29 is 19.1 Å². The van der Waals surface area contributed by atoms with Crippen LogP contribution in [0.2, 0.25) is 0 Å². The molecule has 3 aliphatic heterocycles. The molecule has 8 heteroatoms. The van der Waals surface area contributed by atoms with Crippen molar-refractivity contribution in [2.45, 2.75) is 143 Å². The molecule has 3 fully saturated rings. The number of ketones is 1. The van der Waals surface area contributed by atoms with Gasteiger partial charge >= 0.3 is 12.1 Å². The van der Waals surface area contributed by atoms with Gasteiger partial charge in [-0.1, -0.05) is 40.0 Å². The molecule has 3 aliphatic rings. The van der Waals surface area contributed by atoms with E-state index in [1.807, 2.05) is 41.5 Å². The quantitative estimate of drug-likeness (QED) is 0.387. The minimum Gasteiger partial charge on any atom is -0.444 e. The highest BCUT2D eigenvalue weighted by atomic mass is 16.6. The fraction of sp³-hybridized carbons (Fsp3) is 0.906. The van der Waals surface area contributed by atoms with E-state index in [4.69, 9.17) is 4.74 Å². The predicted octanol–water partition coefficient (Wildman–Crippen LogP) is 6.47. The van der Waals surface area contributed by atoms with E-state index in [2.05, 4.69) is 42.8 Å². The molecular weight excluding hydrogens is 504 g/mol. The number of nitrogens with one attached hydrogen (secondary N) is 1. The number of nitrogens with zero attached hydrogens (tertiary/aromatic N) is 3. The van der Waals surface area contributed by atoms with Crippen LogP contribution < -0.4 is 5.32 Å². The van der Waals surface area contributed by atoms with E-state index in [-0.39, 0.29) is 29.4 Å². The van der Waals surface area contributed by atoms with Gasteiger partial charge < -0.3 is 19.9 Å². The highest BCUT2D eigenvalue weighted by Gasteiger charge is 2.43. The molecule has 0 radical (unpaired) electrons. The molecule has 0 saturated carbocycles. The SMILES string of the molecule is CC1CN(C(=O)OC(C)(C)C)C(C)(C)CC1=O.CCCCCNC(=O)N1CC(C)C(N2CCCCC2)CC1(C)C. The Balaban J connectivity index is 0.000000294. The van der Waals surface area contributed by atoms with Gasteiger partial charge in [0.15, 0.2) is 0 Å². The van der Waals surface area contributed by atoms with E-state index < -0.39 is 11.1 Å². The lowest BCUT2D eigenvalue weighted by molar-refractivity contribution is -0.129. The number of piperidine rings is 3. The fourth-order valence-corrected chi connectivity index (χ4v) is 6.20. The number of Topliss-reactive ketones (excluding diaryl/α,β-unsaturated/α-hetero) is 1. The lowest BCUT2D eigenvalue weighted by Crippen LogP contribution is -2.62. The van der Waals surface area contributed by atoms with Crippen LogP contribution in [0.3, 0.4) is 0 Å². The predicted molar refractivity (Wildman–Crippen MR) is 163 cm³/mol. The number of carbonyl (C=O) groups excluding carboxylic acids is 3. The largest absolute Gasteiger partial charge is 0.444 e. The molecular formula is C32H60N4O4. The van der Waals surface area contributed by atoms with E-state index in [0.29, 0.717) is 24.9 Å². The summed E-state index contributed by atoms with van der Waals surface area (Å²) in [4.78, 5) is 42.8. The second-order valence-electron chi connectivity index (χ2n) is 14.7. The first-order chi connectivity index (χ1) is 18.5. The monoisotopic (exact) mass is 564 g/mol. The second-order valence-corrected chi connectivity index (χ2v) is 14.7. The van der Waals surface area contributed by atoms with Crippen LogP contribution in [0.4, 0.5) is 9.59 Å². The Morgan fingerprint density at radius 2 is 1.57 bits per heavy atom. The first-order valence-corrected chi connectivity index (χ1v) is 15.8. The second kappa shape index (κ2) is 14.4. The molecule has 0 spiro atoms. The number of hydrogen-bond donors (Lipinski definition) is 1. The number of ether oxygens (including phenoxy) is 1. The maximum Gasteiger partial charge on any atom is 0.410 e. The fourth-order valence-electron chi connectivity index (χ4n) is 6.20. The molecule has 40 heavy (non-hydrogen) atoms. The zero-order valence-corrected chi connectivity index (χ0v) is 27.4. The van der Waals surface area contributed by atoms with E-state index in [1.165, 1.54) is 45.2 Å². The molecule has 3 heterocycles. The molecule has 3 amide bonds. The minimum atomic E-state index is -0.502. The van der Waals surface area contributed by atoms with Crippen LogP contribution in [0, 0.1) is 11.8 Å². The van der Waals surface area contributed by atoms with E-state index >= 15 is 0 Å². The van der Waals surface area contributed by atoms with Gasteiger partial charge in [0.25, 0.3) is 0 Å². The summed E-state index contributed by atoms with van der Waals surface area (Å²) in [5.74, 6) is 0.674. The van der Waals surface area contributed by atoms with Crippen molar-refractivity contribution in [3.63, 3.8) is 0 Å². The van der Waals surface area contributed by atoms with Crippen LogP contribution >= 0.6 is 0 Å². The molecule has 1 N–H and O–H groups in total. The number of unbranched alkanes of at least 4 members (excludes halogenated alkanes) is 2. The van der Waals surface area contributed by atoms with E-state index in [1.54, 1.807) is 4.90 Å². The lowest BCUT2D eigenvalue weighted by Gasteiger charge is -2.52. The summed E-state index contributed by atoms with van der Waals surface area (Å²) >= 11 is 0. The molecule has 3 rings (SSSR count). The molecule has 0 bridgehead atoms. The van der Waals surface area contributed by atoms with Crippen molar-refractivity contribution >= 4 is 17.9 Å². The molecule has 8 nitrogen and oxygen atoms in total. The maximum atomic E-state index is 12.6. The average Bonchev–Trinajstić information content (AvgIpc) is 2.84. The number of urea groups is 1. The Labute approximate surface area is 244 Å². The third kappa shape index (κ3) is 9.92. The Bertz CT molecular complexity index is 844. The number of carbonyl (C=O) groups is 3. The number of likely N-dealkylation sites (tertiary alicyclic amines) is 3. The summed E-state index contributed by atoms with van der Waals surface area (Å²) in [6.07, 6.45) is 8.69. The van der Waals surface area contributed by atoms with Gasteiger partial charge in [-0.25, -0.2) is 9.59 Å².